The summed E-state index contributed by atoms with van der Waals surface area (Å²) in [5.74, 6) is 0.805. The van der Waals surface area contributed by atoms with E-state index in [2.05, 4.69) is 15.2 Å². The Kier molecular flexibility index (Phi) is 5.05. The van der Waals surface area contributed by atoms with Crippen molar-refractivity contribution in [3.05, 3.63) is 52.7 Å². The van der Waals surface area contributed by atoms with Gasteiger partial charge in [-0.15, -0.1) is 0 Å². The molecule has 1 aliphatic heterocycles. The molecule has 0 aliphatic carbocycles. The number of amides is 1. The maximum atomic E-state index is 13.2. The van der Waals surface area contributed by atoms with Gasteiger partial charge in [-0.2, -0.15) is 0 Å². The number of aryl methyl sites for hydroxylation is 1. The number of fused-ring (bicyclic) bond motifs is 1. The number of carbonyl (C=O) groups excluding carboxylic acids is 1. The molecule has 2 aromatic carbocycles. The summed E-state index contributed by atoms with van der Waals surface area (Å²) >= 11 is 6.17. The number of para-hydroxylation sites is 2. The molecule has 2 heterocycles. The zero-order valence-electron chi connectivity index (χ0n) is 15.8. The number of aromatic nitrogens is 2. The van der Waals surface area contributed by atoms with E-state index >= 15 is 0 Å². The Labute approximate surface area is 168 Å². The monoisotopic (exact) mass is 396 g/mol. The lowest BCUT2D eigenvalue weighted by molar-refractivity contribution is 0.102. The lowest BCUT2D eigenvalue weighted by atomic mass is 10.2. The van der Waals surface area contributed by atoms with Gasteiger partial charge in [-0.1, -0.05) is 23.7 Å². The van der Waals surface area contributed by atoms with E-state index < -0.39 is 0 Å². The first-order chi connectivity index (χ1) is 13.6. The van der Waals surface area contributed by atoms with Gasteiger partial charge in [0.1, 0.15) is 5.75 Å². The number of halogens is 1. The summed E-state index contributed by atoms with van der Waals surface area (Å²) in [7, 11) is 1.54. The van der Waals surface area contributed by atoms with Crippen LogP contribution in [0.1, 0.15) is 28.9 Å². The van der Waals surface area contributed by atoms with Gasteiger partial charge in [0.25, 0.3) is 5.91 Å². The van der Waals surface area contributed by atoms with E-state index in [9.17, 15) is 4.79 Å². The van der Waals surface area contributed by atoms with Crippen LogP contribution in [0.2, 0.25) is 5.02 Å². The Morgan fingerprint density at radius 3 is 2.50 bits per heavy atom. The molecule has 0 radical (unpaired) electrons. The summed E-state index contributed by atoms with van der Waals surface area (Å²) in [6, 6.07) is 11.1. The van der Waals surface area contributed by atoms with Crippen molar-refractivity contribution in [2.45, 2.75) is 19.8 Å². The summed E-state index contributed by atoms with van der Waals surface area (Å²) in [5, 5.41) is 3.50. The standard InChI is InChI=1S/C21H21ClN4O2/c1-13-11-17(18(28-2)12-14(13)22)25-21(27)19-20(26-9-5-6-10-26)24-16-8-4-3-7-15(16)23-19/h3-4,7-8,11-12H,5-6,9-10H2,1-2H3,(H,25,27). The van der Waals surface area contributed by atoms with Crippen LogP contribution >= 0.6 is 11.6 Å². The molecule has 1 N–H and O–H groups in total. The van der Waals surface area contributed by atoms with E-state index in [4.69, 9.17) is 21.3 Å². The van der Waals surface area contributed by atoms with Gasteiger partial charge >= 0.3 is 0 Å². The van der Waals surface area contributed by atoms with Crippen LogP contribution in [-0.2, 0) is 0 Å². The van der Waals surface area contributed by atoms with Crippen molar-refractivity contribution in [3.63, 3.8) is 0 Å². The number of anilines is 2. The number of benzene rings is 2. The van der Waals surface area contributed by atoms with Gasteiger partial charge in [0, 0.05) is 24.2 Å². The molecule has 1 saturated heterocycles. The minimum absolute atomic E-state index is 0.315. The molecule has 0 saturated carbocycles. The van der Waals surface area contributed by atoms with Crippen molar-refractivity contribution in [3.8, 4) is 5.75 Å². The molecule has 0 spiro atoms. The topological polar surface area (TPSA) is 67.3 Å². The van der Waals surface area contributed by atoms with Gasteiger partial charge < -0.3 is 15.0 Å². The smallest absolute Gasteiger partial charge is 0.278 e. The minimum Gasteiger partial charge on any atom is -0.495 e. The van der Waals surface area contributed by atoms with Crippen LogP contribution in [0.25, 0.3) is 11.0 Å². The van der Waals surface area contributed by atoms with E-state index in [-0.39, 0.29) is 5.91 Å². The van der Waals surface area contributed by atoms with Gasteiger partial charge in [0.2, 0.25) is 0 Å². The molecule has 1 aromatic heterocycles. The zero-order valence-corrected chi connectivity index (χ0v) is 16.6. The fourth-order valence-corrected chi connectivity index (χ4v) is 3.56. The van der Waals surface area contributed by atoms with Gasteiger partial charge in [-0.3, -0.25) is 4.79 Å². The van der Waals surface area contributed by atoms with E-state index in [0.717, 1.165) is 37.0 Å². The number of methoxy groups -OCH3 is 1. The van der Waals surface area contributed by atoms with E-state index in [1.165, 1.54) is 0 Å². The summed E-state index contributed by atoms with van der Waals surface area (Å²) in [6.07, 6.45) is 2.17. The molecule has 1 aliphatic rings. The SMILES string of the molecule is COc1cc(Cl)c(C)cc1NC(=O)c1nc2ccccc2nc1N1CCCC1. The third-order valence-corrected chi connectivity index (χ3v) is 5.31. The summed E-state index contributed by atoms with van der Waals surface area (Å²) in [4.78, 5) is 24.7. The summed E-state index contributed by atoms with van der Waals surface area (Å²) in [5.41, 5.74) is 3.19. The quantitative estimate of drug-likeness (QED) is 0.705. The fourth-order valence-electron chi connectivity index (χ4n) is 3.40. The average Bonchev–Trinajstić information content (AvgIpc) is 3.24. The Morgan fingerprint density at radius 1 is 1.14 bits per heavy atom. The fraction of sp³-hybridized carbons (Fsp3) is 0.286. The molecule has 144 valence electrons. The van der Waals surface area contributed by atoms with Crippen molar-refractivity contribution in [2.75, 3.05) is 30.4 Å². The van der Waals surface area contributed by atoms with Crippen molar-refractivity contribution in [2.24, 2.45) is 0 Å². The van der Waals surface area contributed by atoms with Crippen LogP contribution in [0.5, 0.6) is 5.75 Å². The number of nitrogens with one attached hydrogen (secondary N) is 1. The molecule has 4 rings (SSSR count). The van der Waals surface area contributed by atoms with Crippen molar-refractivity contribution >= 4 is 40.0 Å². The van der Waals surface area contributed by atoms with Gasteiger partial charge in [0.15, 0.2) is 11.5 Å². The highest BCUT2D eigenvalue weighted by atomic mass is 35.5. The lowest BCUT2D eigenvalue weighted by Crippen LogP contribution is -2.25. The molecule has 0 atom stereocenters. The predicted molar refractivity (Wildman–Crippen MR) is 112 cm³/mol. The first-order valence-electron chi connectivity index (χ1n) is 9.24. The molecule has 7 heteroatoms. The highest BCUT2D eigenvalue weighted by molar-refractivity contribution is 6.31. The molecule has 1 amide bonds. The molecule has 1 fully saturated rings. The largest absolute Gasteiger partial charge is 0.495 e. The highest BCUT2D eigenvalue weighted by Gasteiger charge is 2.24. The average molecular weight is 397 g/mol. The molecular formula is C21H21ClN4O2. The Hall–Kier alpha value is -2.86. The van der Waals surface area contributed by atoms with Crippen LogP contribution in [0, 0.1) is 6.92 Å². The molecule has 6 nitrogen and oxygen atoms in total. The maximum absolute atomic E-state index is 13.2. The van der Waals surface area contributed by atoms with E-state index in [1.54, 1.807) is 19.2 Å². The number of rotatable bonds is 4. The maximum Gasteiger partial charge on any atom is 0.278 e. The first-order valence-corrected chi connectivity index (χ1v) is 9.62. The predicted octanol–water partition coefficient (Wildman–Crippen LogP) is 4.45. The second-order valence-electron chi connectivity index (χ2n) is 6.83. The molecular weight excluding hydrogens is 376 g/mol. The third kappa shape index (κ3) is 3.47. The van der Waals surface area contributed by atoms with Crippen LogP contribution in [-0.4, -0.2) is 36.1 Å². The summed E-state index contributed by atoms with van der Waals surface area (Å²) in [6.45, 7) is 3.62. The van der Waals surface area contributed by atoms with E-state index in [1.807, 2.05) is 31.2 Å². The normalized spacial score (nSPS) is 13.8. The highest BCUT2D eigenvalue weighted by Crippen LogP contribution is 2.32. The third-order valence-electron chi connectivity index (χ3n) is 4.90. The van der Waals surface area contributed by atoms with Crippen molar-refractivity contribution in [1.29, 1.82) is 0 Å². The number of carbonyl (C=O) groups is 1. The van der Waals surface area contributed by atoms with Crippen molar-refractivity contribution in [1.82, 2.24) is 9.97 Å². The zero-order chi connectivity index (χ0) is 19.7. The van der Waals surface area contributed by atoms with E-state index in [0.29, 0.717) is 33.5 Å². The van der Waals surface area contributed by atoms with Crippen LogP contribution in [0.15, 0.2) is 36.4 Å². The summed E-state index contributed by atoms with van der Waals surface area (Å²) < 4.78 is 5.37. The number of nitrogens with zero attached hydrogens (tertiary/aromatic N) is 3. The molecule has 3 aromatic rings. The van der Waals surface area contributed by atoms with Gasteiger partial charge in [-0.25, -0.2) is 9.97 Å². The lowest BCUT2D eigenvalue weighted by Gasteiger charge is -2.20. The number of hydrogen-bond donors (Lipinski definition) is 1. The molecule has 0 bridgehead atoms. The van der Waals surface area contributed by atoms with Gasteiger partial charge in [-0.05, 0) is 43.5 Å². The van der Waals surface area contributed by atoms with Crippen LogP contribution < -0.4 is 15.0 Å². The van der Waals surface area contributed by atoms with Crippen LogP contribution in [0.4, 0.5) is 11.5 Å². The molecule has 0 unspecified atom stereocenters. The number of ether oxygens (including phenoxy) is 1. The number of hydrogen-bond acceptors (Lipinski definition) is 5. The second kappa shape index (κ2) is 7.64. The second-order valence-corrected chi connectivity index (χ2v) is 7.24. The van der Waals surface area contributed by atoms with Crippen LogP contribution in [0.3, 0.4) is 0 Å². The van der Waals surface area contributed by atoms with Crippen molar-refractivity contribution < 1.29 is 9.53 Å². The Balaban J connectivity index is 1.76. The first kappa shape index (κ1) is 18.5. The van der Waals surface area contributed by atoms with Gasteiger partial charge in [0.05, 0.1) is 23.8 Å². The Bertz CT molecular complexity index is 1050. The Morgan fingerprint density at radius 2 is 1.82 bits per heavy atom. The molecule has 28 heavy (non-hydrogen) atoms. The minimum atomic E-state index is -0.319.